The van der Waals surface area contributed by atoms with Gasteiger partial charge in [0.15, 0.2) is 0 Å². The summed E-state index contributed by atoms with van der Waals surface area (Å²) in [6.45, 7) is 5.55. The molecule has 0 bridgehead atoms. The first-order chi connectivity index (χ1) is 16.9. The van der Waals surface area contributed by atoms with Crippen molar-refractivity contribution in [3.8, 4) is 5.75 Å². The van der Waals surface area contributed by atoms with E-state index < -0.39 is 10.0 Å². The fraction of sp³-hybridized carbons (Fsp3) is 0.520. The van der Waals surface area contributed by atoms with E-state index in [4.69, 9.17) is 9.47 Å². The first kappa shape index (κ1) is 29.5. The molecule has 1 heterocycles. The number of ether oxygens (including phenoxy) is 2. The molecule has 1 N–H and O–H groups in total. The Hall–Kier alpha value is -2.73. The predicted octanol–water partition coefficient (Wildman–Crippen LogP) is 1.98. The molecule has 0 saturated heterocycles. The molecular formula is C25H39N5O5S. The molecule has 0 saturated carbocycles. The van der Waals surface area contributed by atoms with Crippen molar-refractivity contribution in [2.45, 2.75) is 25.3 Å². The van der Waals surface area contributed by atoms with Gasteiger partial charge in [-0.1, -0.05) is 6.07 Å². The SMILES string of the molecule is COc1cc(C)c(S(=O)(=O)N(C)CCOCC(=O)N(C)Cc2cccc(NCCN(C)C)n2)c(C)c1. The van der Waals surface area contributed by atoms with Crippen LogP contribution in [0.5, 0.6) is 5.75 Å². The number of anilines is 1. The molecule has 0 aliphatic carbocycles. The zero-order valence-electron chi connectivity index (χ0n) is 22.4. The first-order valence-corrected chi connectivity index (χ1v) is 13.2. The van der Waals surface area contributed by atoms with Crippen LogP contribution >= 0.6 is 0 Å². The van der Waals surface area contributed by atoms with Crippen LogP contribution in [0.3, 0.4) is 0 Å². The number of pyridine rings is 1. The number of amides is 1. The van der Waals surface area contributed by atoms with Gasteiger partial charge in [0, 0.05) is 33.7 Å². The fourth-order valence-electron chi connectivity index (χ4n) is 3.58. The smallest absolute Gasteiger partial charge is 0.248 e. The number of likely N-dealkylation sites (N-methyl/N-ethyl adjacent to an activating group) is 3. The molecule has 200 valence electrons. The lowest BCUT2D eigenvalue weighted by Gasteiger charge is -2.21. The Balaban J connectivity index is 1.84. The third kappa shape index (κ3) is 8.44. The van der Waals surface area contributed by atoms with Crippen molar-refractivity contribution in [1.29, 1.82) is 0 Å². The largest absolute Gasteiger partial charge is 0.497 e. The molecule has 0 aliphatic rings. The molecule has 1 aromatic carbocycles. The third-order valence-electron chi connectivity index (χ3n) is 5.61. The maximum absolute atomic E-state index is 13.1. The Morgan fingerprint density at radius 1 is 1.06 bits per heavy atom. The lowest BCUT2D eigenvalue weighted by atomic mass is 10.1. The van der Waals surface area contributed by atoms with Gasteiger partial charge >= 0.3 is 0 Å². The second kappa shape index (κ2) is 13.5. The summed E-state index contributed by atoms with van der Waals surface area (Å²) in [6, 6.07) is 9.05. The van der Waals surface area contributed by atoms with Crippen LogP contribution in [-0.2, 0) is 26.1 Å². The lowest BCUT2D eigenvalue weighted by molar-refractivity contribution is -0.135. The number of hydrogen-bond acceptors (Lipinski definition) is 8. The molecule has 1 aromatic heterocycles. The summed E-state index contributed by atoms with van der Waals surface area (Å²) in [6.07, 6.45) is 0. The molecular weight excluding hydrogens is 482 g/mol. The van der Waals surface area contributed by atoms with E-state index in [2.05, 4.69) is 15.2 Å². The maximum Gasteiger partial charge on any atom is 0.248 e. The number of benzene rings is 1. The monoisotopic (exact) mass is 521 g/mol. The molecule has 0 spiro atoms. The Kier molecular flexibility index (Phi) is 11.1. The second-order valence-corrected chi connectivity index (χ2v) is 10.9. The van der Waals surface area contributed by atoms with Crippen molar-refractivity contribution in [2.75, 3.05) is 73.5 Å². The summed E-state index contributed by atoms with van der Waals surface area (Å²) < 4.78 is 38.1. The van der Waals surface area contributed by atoms with Gasteiger partial charge in [-0.2, -0.15) is 4.31 Å². The summed E-state index contributed by atoms with van der Waals surface area (Å²) in [5.74, 6) is 1.16. The number of methoxy groups -OCH3 is 1. The van der Waals surface area contributed by atoms with Crippen molar-refractivity contribution < 1.29 is 22.7 Å². The highest BCUT2D eigenvalue weighted by atomic mass is 32.2. The van der Waals surface area contributed by atoms with Gasteiger partial charge in [0.2, 0.25) is 15.9 Å². The Morgan fingerprint density at radius 3 is 2.33 bits per heavy atom. The van der Waals surface area contributed by atoms with Gasteiger partial charge in [-0.3, -0.25) is 4.79 Å². The van der Waals surface area contributed by atoms with Crippen LogP contribution in [-0.4, -0.2) is 102 Å². The molecule has 0 unspecified atom stereocenters. The van der Waals surface area contributed by atoms with E-state index in [1.807, 2.05) is 32.3 Å². The molecule has 2 rings (SSSR count). The van der Waals surface area contributed by atoms with E-state index in [1.54, 1.807) is 40.1 Å². The summed E-state index contributed by atoms with van der Waals surface area (Å²) >= 11 is 0. The minimum absolute atomic E-state index is 0.0904. The van der Waals surface area contributed by atoms with E-state index in [1.165, 1.54) is 16.3 Å². The average molecular weight is 522 g/mol. The van der Waals surface area contributed by atoms with Crippen LogP contribution in [0.25, 0.3) is 0 Å². The van der Waals surface area contributed by atoms with E-state index in [0.29, 0.717) is 23.4 Å². The highest BCUT2D eigenvalue weighted by molar-refractivity contribution is 7.89. The third-order valence-corrected chi connectivity index (χ3v) is 7.77. The minimum atomic E-state index is -3.71. The van der Waals surface area contributed by atoms with Crippen molar-refractivity contribution in [3.63, 3.8) is 0 Å². The summed E-state index contributed by atoms with van der Waals surface area (Å²) in [4.78, 5) is 20.9. The number of sulfonamides is 1. The van der Waals surface area contributed by atoms with Crippen LogP contribution in [0, 0.1) is 13.8 Å². The van der Waals surface area contributed by atoms with Crippen LogP contribution in [0.15, 0.2) is 35.2 Å². The van der Waals surface area contributed by atoms with Crippen LogP contribution in [0.4, 0.5) is 5.82 Å². The molecule has 36 heavy (non-hydrogen) atoms. The van der Waals surface area contributed by atoms with E-state index in [-0.39, 0.29) is 30.6 Å². The predicted molar refractivity (Wildman–Crippen MR) is 141 cm³/mol. The molecule has 10 nitrogen and oxygen atoms in total. The maximum atomic E-state index is 13.1. The fourth-order valence-corrected chi connectivity index (χ4v) is 5.14. The molecule has 0 atom stereocenters. The number of nitrogens with one attached hydrogen (secondary N) is 1. The van der Waals surface area contributed by atoms with Gasteiger partial charge in [0.05, 0.1) is 30.9 Å². The zero-order chi connectivity index (χ0) is 26.9. The van der Waals surface area contributed by atoms with Crippen LogP contribution in [0.2, 0.25) is 0 Å². The van der Waals surface area contributed by atoms with E-state index >= 15 is 0 Å². The highest BCUT2D eigenvalue weighted by Gasteiger charge is 2.25. The van der Waals surface area contributed by atoms with Gasteiger partial charge in [-0.15, -0.1) is 0 Å². The number of nitrogens with zero attached hydrogens (tertiary/aromatic N) is 4. The molecule has 0 fully saturated rings. The van der Waals surface area contributed by atoms with Gasteiger partial charge < -0.3 is 24.6 Å². The van der Waals surface area contributed by atoms with Gasteiger partial charge in [0.25, 0.3) is 0 Å². The van der Waals surface area contributed by atoms with E-state index in [0.717, 1.165) is 24.6 Å². The van der Waals surface area contributed by atoms with Crippen molar-refractivity contribution in [1.82, 2.24) is 19.1 Å². The van der Waals surface area contributed by atoms with E-state index in [9.17, 15) is 13.2 Å². The number of hydrogen-bond donors (Lipinski definition) is 1. The zero-order valence-corrected chi connectivity index (χ0v) is 23.2. The minimum Gasteiger partial charge on any atom is -0.497 e. The Bertz CT molecular complexity index is 1100. The average Bonchev–Trinajstić information content (AvgIpc) is 2.80. The summed E-state index contributed by atoms with van der Waals surface area (Å²) in [5, 5.41) is 3.27. The summed E-state index contributed by atoms with van der Waals surface area (Å²) in [7, 11) is 5.03. The topological polar surface area (TPSA) is 104 Å². The standard InChI is InChI=1S/C25H39N5O5S/c1-19-15-22(34-7)16-20(2)25(19)36(32,33)30(6)13-14-35-18-24(31)29(5)17-21-9-8-10-23(27-21)26-11-12-28(3)4/h8-10,15-16H,11-14,17-18H2,1-7H3,(H,26,27). The summed E-state index contributed by atoms with van der Waals surface area (Å²) in [5.41, 5.74) is 1.99. The van der Waals surface area contributed by atoms with Gasteiger partial charge in [-0.25, -0.2) is 13.4 Å². The normalized spacial score (nSPS) is 11.7. The van der Waals surface area contributed by atoms with Crippen LogP contribution in [0.1, 0.15) is 16.8 Å². The van der Waals surface area contributed by atoms with Crippen LogP contribution < -0.4 is 10.1 Å². The van der Waals surface area contributed by atoms with Crippen molar-refractivity contribution in [3.05, 3.63) is 47.2 Å². The lowest BCUT2D eigenvalue weighted by Crippen LogP contribution is -2.34. The Morgan fingerprint density at radius 2 is 1.72 bits per heavy atom. The molecule has 11 heteroatoms. The highest BCUT2D eigenvalue weighted by Crippen LogP contribution is 2.27. The molecule has 0 aliphatic heterocycles. The first-order valence-electron chi connectivity index (χ1n) is 11.7. The molecule has 2 aromatic rings. The van der Waals surface area contributed by atoms with Gasteiger partial charge in [0.1, 0.15) is 18.2 Å². The van der Waals surface area contributed by atoms with Crippen molar-refractivity contribution in [2.24, 2.45) is 0 Å². The number of carbonyl (C=O) groups is 1. The number of carbonyl (C=O) groups excluding carboxylic acids is 1. The van der Waals surface area contributed by atoms with Gasteiger partial charge in [-0.05, 0) is 63.3 Å². The number of rotatable bonds is 14. The van der Waals surface area contributed by atoms with Crippen molar-refractivity contribution >= 4 is 21.7 Å². The number of aromatic nitrogens is 1. The molecule has 1 amide bonds. The number of aryl methyl sites for hydroxylation is 2. The molecule has 0 radical (unpaired) electrons. The quantitative estimate of drug-likeness (QED) is 0.377. The second-order valence-electron chi connectivity index (χ2n) is 8.96. The Labute approximate surface area is 215 Å².